The van der Waals surface area contributed by atoms with Crippen molar-refractivity contribution in [1.82, 2.24) is 15.2 Å². The summed E-state index contributed by atoms with van der Waals surface area (Å²) in [5, 5.41) is 3.26. The number of fused-ring (bicyclic) bond motifs is 1. The molecule has 28 heavy (non-hydrogen) atoms. The van der Waals surface area contributed by atoms with Crippen molar-refractivity contribution in [2.45, 2.75) is 57.0 Å². The summed E-state index contributed by atoms with van der Waals surface area (Å²) in [5.74, 6) is 0.461. The number of likely N-dealkylation sites (tertiary alicyclic amines) is 1. The number of oxazole rings is 1. The van der Waals surface area contributed by atoms with Gasteiger partial charge in [-0.15, -0.1) is 0 Å². The van der Waals surface area contributed by atoms with E-state index in [-0.39, 0.29) is 5.92 Å². The van der Waals surface area contributed by atoms with E-state index in [0.29, 0.717) is 18.0 Å². The zero-order chi connectivity index (χ0) is 18.9. The van der Waals surface area contributed by atoms with Gasteiger partial charge in [0.05, 0.1) is 5.92 Å². The summed E-state index contributed by atoms with van der Waals surface area (Å²) in [5.41, 5.74) is 1.78. The molecule has 0 bridgehead atoms. The summed E-state index contributed by atoms with van der Waals surface area (Å²) in [6, 6.07) is 9.71. The van der Waals surface area contributed by atoms with Crippen LogP contribution in [0.2, 0.25) is 0 Å². The fourth-order valence-corrected chi connectivity index (χ4v) is 4.84. The molecular formula is C22H30N4O2. The second kappa shape index (κ2) is 7.74. The number of amides is 1. The number of rotatable bonds is 4. The molecule has 5 rings (SSSR count). The molecule has 3 fully saturated rings. The average molecular weight is 383 g/mol. The normalized spacial score (nSPS) is 25.0. The first-order chi connectivity index (χ1) is 13.8. The second-order valence-corrected chi connectivity index (χ2v) is 8.65. The molecule has 1 saturated carbocycles. The molecule has 0 spiro atoms. The van der Waals surface area contributed by atoms with Gasteiger partial charge in [-0.3, -0.25) is 9.69 Å². The number of benzene rings is 1. The molecule has 2 aliphatic heterocycles. The Labute approximate surface area is 166 Å². The van der Waals surface area contributed by atoms with Crippen LogP contribution in [-0.2, 0) is 4.79 Å². The molecule has 1 aromatic heterocycles. The molecule has 0 radical (unpaired) electrons. The molecule has 1 aliphatic carbocycles. The van der Waals surface area contributed by atoms with Gasteiger partial charge in [0.15, 0.2) is 5.58 Å². The van der Waals surface area contributed by atoms with E-state index in [1.54, 1.807) is 0 Å². The largest absolute Gasteiger partial charge is 0.423 e. The minimum atomic E-state index is 0.171. The number of nitrogens with one attached hydrogen (secondary N) is 1. The summed E-state index contributed by atoms with van der Waals surface area (Å²) in [4.78, 5) is 22.1. The summed E-state index contributed by atoms with van der Waals surface area (Å²) < 4.78 is 5.94. The monoisotopic (exact) mass is 382 g/mol. The van der Waals surface area contributed by atoms with E-state index in [9.17, 15) is 4.79 Å². The predicted octanol–water partition coefficient (Wildman–Crippen LogP) is 3.18. The van der Waals surface area contributed by atoms with Crippen molar-refractivity contribution in [2.24, 2.45) is 5.92 Å². The van der Waals surface area contributed by atoms with Gasteiger partial charge in [-0.05, 0) is 63.6 Å². The van der Waals surface area contributed by atoms with Crippen molar-refractivity contribution in [3.63, 3.8) is 0 Å². The first-order valence-electron chi connectivity index (χ1n) is 10.9. The number of para-hydroxylation sites is 2. The Morgan fingerprint density at radius 2 is 1.86 bits per heavy atom. The number of piperidine rings is 2. The number of hydrogen-bond acceptors (Lipinski definition) is 5. The maximum absolute atomic E-state index is 12.6. The quantitative estimate of drug-likeness (QED) is 0.880. The van der Waals surface area contributed by atoms with Gasteiger partial charge in [-0.2, -0.15) is 4.98 Å². The van der Waals surface area contributed by atoms with Crippen molar-refractivity contribution in [2.75, 3.05) is 31.1 Å². The van der Waals surface area contributed by atoms with Crippen LogP contribution in [0.5, 0.6) is 0 Å². The van der Waals surface area contributed by atoms with E-state index in [1.807, 2.05) is 24.3 Å². The van der Waals surface area contributed by atoms with Crippen molar-refractivity contribution in [1.29, 1.82) is 0 Å². The lowest BCUT2D eigenvalue weighted by Crippen LogP contribution is -2.52. The molecule has 1 N–H and O–H groups in total. The minimum Gasteiger partial charge on any atom is -0.423 e. The maximum Gasteiger partial charge on any atom is 0.298 e. The predicted molar refractivity (Wildman–Crippen MR) is 109 cm³/mol. The Hall–Kier alpha value is -2.08. The van der Waals surface area contributed by atoms with Crippen molar-refractivity contribution in [3.05, 3.63) is 24.3 Å². The highest BCUT2D eigenvalue weighted by atomic mass is 16.4. The zero-order valence-electron chi connectivity index (χ0n) is 16.5. The molecule has 2 saturated heterocycles. The third-order valence-corrected chi connectivity index (χ3v) is 6.81. The number of aromatic nitrogens is 1. The Morgan fingerprint density at radius 3 is 2.61 bits per heavy atom. The van der Waals surface area contributed by atoms with Gasteiger partial charge < -0.3 is 14.6 Å². The number of carbonyl (C=O) groups is 1. The van der Waals surface area contributed by atoms with Gasteiger partial charge in [0, 0.05) is 31.7 Å². The van der Waals surface area contributed by atoms with E-state index < -0.39 is 0 Å². The van der Waals surface area contributed by atoms with E-state index in [0.717, 1.165) is 81.8 Å². The van der Waals surface area contributed by atoms with E-state index in [2.05, 4.69) is 20.1 Å². The van der Waals surface area contributed by atoms with Gasteiger partial charge in [0.2, 0.25) is 5.91 Å². The fraction of sp³-hybridized carbons (Fsp3) is 0.636. The van der Waals surface area contributed by atoms with E-state index in [1.165, 1.54) is 6.42 Å². The topological polar surface area (TPSA) is 61.6 Å². The van der Waals surface area contributed by atoms with Crippen LogP contribution in [-0.4, -0.2) is 54.1 Å². The van der Waals surface area contributed by atoms with Crippen molar-refractivity contribution >= 4 is 23.0 Å². The molecule has 1 atom stereocenters. The van der Waals surface area contributed by atoms with Gasteiger partial charge >= 0.3 is 0 Å². The summed E-state index contributed by atoms with van der Waals surface area (Å²) in [6.45, 7) is 3.98. The molecule has 1 aromatic carbocycles. The number of anilines is 1. The summed E-state index contributed by atoms with van der Waals surface area (Å²) >= 11 is 0. The fourth-order valence-electron chi connectivity index (χ4n) is 4.84. The van der Waals surface area contributed by atoms with Crippen LogP contribution in [0.1, 0.15) is 44.9 Å². The van der Waals surface area contributed by atoms with E-state index in [4.69, 9.17) is 4.42 Å². The van der Waals surface area contributed by atoms with Gasteiger partial charge in [0.1, 0.15) is 5.52 Å². The van der Waals surface area contributed by atoms with Crippen LogP contribution in [0.15, 0.2) is 28.7 Å². The Balaban J connectivity index is 1.16. The first kappa shape index (κ1) is 18.0. The van der Waals surface area contributed by atoms with Crippen LogP contribution in [0.25, 0.3) is 11.1 Å². The van der Waals surface area contributed by atoms with Gasteiger partial charge in [0.25, 0.3) is 6.01 Å². The third-order valence-electron chi connectivity index (χ3n) is 6.81. The minimum absolute atomic E-state index is 0.171. The molecule has 6 nitrogen and oxygen atoms in total. The van der Waals surface area contributed by atoms with Crippen LogP contribution < -0.4 is 10.2 Å². The van der Waals surface area contributed by atoms with Crippen molar-refractivity contribution < 1.29 is 9.21 Å². The van der Waals surface area contributed by atoms with Crippen LogP contribution in [0, 0.1) is 5.92 Å². The Morgan fingerprint density at radius 1 is 1.04 bits per heavy atom. The lowest BCUT2D eigenvalue weighted by molar-refractivity contribution is -0.128. The standard InChI is InChI=1S/C22H30N4O2/c27-21(23-17-6-3-7-17)16-5-4-12-26(15-16)18-10-13-25(14-11-18)22-24-19-8-1-2-9-20(19)28-22/h1-2,8-9,16-18H,3-7,10-15H2,(H,23,27)/t16-/m1/s1. The number of nitrogens with zero attached hydrogens (tertiary/aromatic N) is 3. The van der Waals surface area contributed by atoms with Gasteiger partial charge in [-0.1, -0.05) is 12.1 Å². The first-order valence-corrected chi connectivity index (χ1v) is 10.9. The number of carbonyl (C=O) groups excluding carboxylic acids is 1. The van der Waals surface area contributed by atoms with Crippen LogP contribution in [0.4, 0.5) is 6.01 Å². The summed E-state index contributed by atoms with van der Waals surface area (Å²) in [6.07, 6.45) is 7.98. The Bertz CT molecular complexity index is 790. The Kier molecular flexibility index (Phi) is 4.97. The molecule has 0 unspecified atom stereocenters. The summed E-state index contributed by atoms with van der Waals surface area (Å²) in [7, 11) is 0. The lowest BCUT2D eigenvalue weighted by atomic mass is 9.90. The molecule has 150 valence electrons. The SMILES string of the molecule is O=C(NC1CCC1)[C@@H]1CCCN(C2CCN(c3nc4ccccc4o3)CC2)C1. The molecule has 3 aliphatic rings. The molecule has 2 aromatic rings. The highest BCUT2D eigenvalue weighted by Crippen LogP contribution is 2.28. The highest BCUT2D eigenvalue weighted by molar-refractivity contribution is 5.79. The van der Waals surface area contributed by atoms with Crippen molar-refractivity contribution in [3.8, 4) is 0 Å². The second-order valence-electron chi connectivity index (χ2n) is 8.65. The molecular weight excluding hydrogens is 352 g/mol. The van der Waals surface area contributed by atoms with Gasteiger partial charge in [-0.25, -0.2) is 0 Å². The average Bonchev–Trinajstić information content (AvgIpc) is 3.15. The molecule has 1 amide bonds. The molecule has 3 heterocycles. The lowest BCUT2D eigenvalue weighted by Gasteiger charge is -2.42. The van der Waals surface area contributed by atoms with Crippen LogP contribution in [0.3, 0.4) is 0 Å². The van der Waals surface area contributed by atoms with E-state index >= 15 is 0 Å². The molecule has 6 heteroatoms. The number of hydrogen-bond donors (Lipinski definition) is 1. The van der Waals surface area contributed by atoms with Crippen LogP contribution >= 0.6 is 0 Å². The smallest absolute Gasteiger partial charge is 0.298 e. The zero-order valence-corrected chi connectivity index (χ0v) is 16.5. The maximum atomic E-state index is 12.6. The third kappa shape index (κ3) is 3.62. The highest BCUT2D eigenvalue weighted by Gasteiger charge is 2.33.